The van der Waals surface area contributed by atoms with E-state index in [1.54, 1.807) is 30.1 Å². The summed E-state index contributed by atoms with van der Waals surface area (Å²) in [6, 6.07) is 14.5. The molecule has 0 saturated carbocycles. The molecule has 1 fully saturated rings. The summed E-state index contributed by atoms with van der Waals surface area (Å²) >= 11 is 5.85. The maximum absolute atomic E-state index is 12.5. The van der Waals surface area contributed by atoms with Crippen LogP contribution < -0.4 is 9.64 Å². The Hall–Kier alpha value is -2.44. The van der Waals surface area contributed by atoms with Gasteiger partial charge in [-0.25, -0.2) is 0 Å². The quantitative estimate of drug-likeness (QED) is 0.770. The first kappa shape index (κ1) is 20.3. The van der Waals surface area contributed by atoms with Crippen LogP contribution >= 0.6 is 11.6 Å². The number of ether oxygens (including phenoxy) is 1. The predicted molar refractivity (Wildman–Crippen MR) is 111 cm³/mol. The summed E-state index contributed by atoms with van der Waals surface area (Å²) in [6.45, 7) is 4.50. The lowest BCUT2D eigenvalue weighted by atomic mass is 10.2. The third kappa shape index (κ3) is 5.53. The fourth-order valence-electron chi connectivity index (χ4n) is 3.15. The highest BCUT2D eigenvalue weighted by atomic mass is 35.5. The largest absolute Gasteiger partial charge is 0.506 e. The van der Waals surface area contributed by atoms with Crippen molar-refractivity contribution in [3.63, 3.8) is 0 Å². The number of aromatic hydroxyl groups is 1. The van der Waals surface area contributed by atoms with Crippen molar-refractivity contribution in [3.05, 3.63) is 53.6 Å². The molecule has 0 aliphatic carbocycles. The van der Waals surface area contributed by atoms with Gasteiger partial charge in [0.1, 0.15) is 18.1 Å². The van der Waals surface area contributed by atoms with Gasteiger partial charge in [-0.15, -0.1) is 0 Å². The van der Waals surface area contributed by atoms with E-state index >= 15 is 0 Å². The van der Waals surface area contributed by atoms with Crippen molar-refractivity contribution in [2.24, 2.45) is 0 Å². The Bertz CT molecular complexity index is 777. The van der Waals surface area contributed by atoms with Gasteiger partial charge >= 0.3 is 0 Å². The molecule has 0 bridgehead atoms. The lowest BCUT2D eigenvalue weighted by molar-refractivity contribution is -0.131. The molecule has 1 aliphatic rings. The van der Waals surface area contributed by atoms with Crippen LogP contribution in [-0.4, -0.2) is 73.7 Å². The SMILES string of the molecule is CN(CCOc1ccc(Cl)cc1)C(=O)CN1CCN(c2ccccc2O)CC1. The molecule has 0 spiro atoms. The van der Waals surface area contributed by atoms with E-state index in [1.165, 1.54) is 0 Å². The Labute approximate surface area is 170 Å². The Kier molecular flexibility index (Phi) is 7.01. The van der Waals surface area contributed by atoms with E-state index in [9.17, 15) is 9.90 Å². The van der Waals surface area contributed by atoms with Gasteiger partial charge in [0, 0.05) is 38.2 Å². The minimum atomic E-state index is 0.0794. The van der Waals surface area contributed by atoms with Crippen molar-refractivity contribution in [2.45, 2.75) is 0 Å². The van der Waals surface area contributed by atoms with E-state index in [0.29, 0.717) is 30.5 Å². The normalized spacial score (nSPS) is 14.7. The molecule has 0 unspecified atom stereocenters. The lowest BCUT2D eigenvalue weighted by Crippen LogP contribution is -2.50. The number of nitrogens with zero attached hydrogens (tertiary/aromatic N) is 3. The van der Waals surface area contributed by atoms with Crippen molar-refractivity contribution in [1.82, 2.24) is 9.80 Å². The summed E-state index contributed by atoms with van der Waals surface area (Å²) in [5, 5.41) is 10.7. The van der Waals surface area contributed by atoms with Gasteiger partial charge < -0.3 is 19.6 Å². The Morgan fingerprint density at radius 2 is 1.79 bits per heavy atom. The minimum absolute atomic E-state index is 0.0794. The van der Waals surface area contributed by atoms with Gasteiger partial charge in [0.25, 0.3) is 0 Å². The van der Waals surface area contributed by atoms with E-state index in [4.69, 9.17) is 16.3 Å². The Morgan fingerprint density at radius 1 is 1.11 bits per heavy atom. The average Bonchev–Trinajstić information content (AvgIpc) is 2.70. The number of halogens is 1. The van der Waals surface area contributed by atoms with Crippen LogP contribution in [0.1, 0.15) is 0 Å². The van der Waals surface area contributed by atoms with Crippen LogP contribution in [0.4, 0.5) is 5.69 Å². The minimum Gasteiger partial charge on any atom is -0.506 e. The molecule has 1 amide bonds. The van der Waals surface area contributed by atoms with Crippen LogP contribution in [0.3, 0.4) is 0 Å². The second kappa shape index (κ2) is 9.66. The van der Waals surface area contributed by atoms with Gasteiger partial charge in [-0.1, -0.05) is 23.7 Å². The number of carbonyl (C=O) groups excluding carboxylic acids is 1. The molecule has 1 N–H and O–H groups in total. The molecule has 7 heteroatoms. The highest BCUT2D eigenvalue weighted by molar-refractivity contribution is 6.30. The van der Waals surface area contributed by atoms with Crippen molar-refractivity contribution in [3.8, 4) is 11.5 Å². The molecular formula is C21H26ClN3O3. The fourth-order valence-corrected chi connectivity index (χ4v) is 3.27. The van der Waals surface area contributed by atoms with Crippen LogP contribution in [0.15, 0.2) is 48.5 Å². The number of amides is 1. The summed E-state index contributed by atoms with van der Waals surface area (Å²) in [4.78, 5) is 18.5. The van der Waals surface area contributed by atoms with E-state index in [2.05, 4.69) is 9.80 Å². The molecule has 28 heavy (non-hydrogen) atoms. The third-order valence-electron chi connectivity index (χ3n) is 4.89. The zero-order valence-corrected chi connectivity index (χ0v) is 16.8. The molecule has 6 nitrogen and oxygen atoms in total. The van der Waals surface area contributed by atoms with Crippen LogP contribution in [-0.2, 0) is 4.79 Å². The van der Waals surface area contributed by atoms with Gasteiger partial charge in [0.05, 0.1) is 18.8 Å². The maximum atomic E-state index is 12.5. The smallest absolute Gasteiger partial charge is 0.236 e. The molecule has 1 aliphatic heterocycles. The van der Waals surface area contributed by atoms with Crippen LogP contribution in [0.25, 0.3) is 0 Å². The second-order valence-electron chi connectivity index (χ2n) is 6.87. The predicted octanol–water partition coefficient (Wildman–Crippen LogP) is 2.71. The maximum Gasteiger partial charge on any atom is 0.236 e. The number of benzene rings is 2. The molecule has 3 rings (SSSR count). The number of rotatable bonds is 7. The van der Waals surface area contributed by atoms with E-state index in [0.717, 1.165) is 37.6 Å². The molecule has 150 valence electrons. The Balaban J connectivity index is 1.39. The number of phenolic OH excluding ortho intramolecular Hbond substituents is 1. The number of phenols is 1. The molecule has 2 aromatic carbocycles. The molecule has 0 aromatic heterocycles. The van der Waals surface area contributed by atoms with Gasteiger partial charge in [-0.2, -0.15) is 0 Å². The zero-order chi connectivity index (χ0) is 19.9. The monoisotopic (exact) mass is 403 g/mol. The number of hydrogen-bond donors (Lipinski definition) is 1. The van der Waals surface area contributed by atoms with Crippen LogP contribution in [0, 0.1) is 0 Å². The van der Waals surface area contributed by atoms with Gasteiger partial charge in [0.15, 0.2) is 0 Å². The van der Waals surface area contributed by atoms with Gasteiger partial charge in [0.2, 0.25) is 5.91 Å². The fraction of sp³-hybridized carbons (Fsp3) is 0.381. The van der Waals surface area contributed by atoms with Gasteiger partial charge in [-0.3, -0.25) is 9.69 Å². The number of para-hydroxylation sites is 2. The summed E-state index contributed by atoms with van der Waals surface area (Å²) in [7, 11) is 1.80. The second-order valence-corrected chi connectivity index (χ2v) is 7.31. The number of carbonyl (C=O) groups is 1. The third-order valence-corrected chi connectivity index (χ3v) is 5.14. The summed E-state index contributed by atoms with van der Waals surface area (Å²) in [6.07, 6.45) is 0. The van der Waals surface area contributed by atoms with Gasteiger partial charge in [-0.05, 0) is 36.4 Å². The van der Waals surface area contributed by atoms with Crippen LogP contribution in [0.5, 0.6) is 11.5 Å². The van der Waals surface area contributed by atoms with E-state index in [-0.39, 0.29) is 5.91 Å². The summed E-state index contributed by atoms with van der Waals surface area (Å²) in [5.74, 6) is 1.12. The number of hydrogen-bond acceptors (Lipinski definition) is 5. The first-order valence-electron chi connectivity index (χ1n) is 9.40. The number of anilines is 1. The standard InChI is InChI=1S/C21H26ClN3O3/c1-23(14-15-28-18-8-6-17(22)7-9-18)21(27)16-24-10-12-25(13-11-24)19-4-2-3-5-20(19)26/h2-9,26H,10-16H2,1H3. The highest BCUT2D eigenvalue weighted by Crippen LogP contribution is 2.27. The molecule has 1 heterocycles. The lowest BCUT2D eigenvalue weighted by Gasteiger charge is -2.36. The molecular weight excluding hydrogens is 378 g/mol. The van der Waals surface area contributed by atoms with Crippen molar-refractivity contribution in [2.75, 3.05) is 57.8 Å². The highest BCUT2D eigenvalue weighted by Gasteiger charge is 2.21. The first-order valence-corrected chi connectivity index (χ1v) is 9.78. The molecule has 0 radical (unpaired) electrons. The topological polar surface area (TPSA) is 56.2 Å². The van der Waals surface area contributed by atoms with E-state index in [1.807, 2.05) is 30.3 Å². The summed E-state index contributed by atoms with van der Waals surface area (Å²) in [5.41, 5.74) is 0.852. The first-order chi connectivity index (χ1) is 13.5. The number of piperazine rings is 1. The Morgan fingerprint density at radius 3 is 2.46 bits per heavy atom. The van der Waals surface area contributed by atoms with Crippen molar-refractivity contribution in [1.29, 1.82) is 0 Å². The average molecular weight is 404 g/mol. The van der Waals surface area contributed by atoms with E-state index < -0.39 is 0 Å². The van der Waals surface area contributed by atoms with Crippen molar-refractivity contribution < 1.29 is 14.6 Å². The number of likely N-dealkylation sites (N-methyl/N-ethyl adjacent to an activating group) is 1. The zero-order valence-electron chi connectivity index (χ0n) is 16.1. The van der Waals surface area contributed by atoms with Crippen LogP contribution in [0.2, 0.25) is 5.02 Å². The molecule has 1 saturated heterocycles. The molecule has 0 atom stereocenters. The molecule has 2 aromatic rings. The summed E-state index contributed by atoms with van der Waals surface area (Å²) < 4.78 is 5.65. The van der Waals surface area contributed by atoms with Crippen molar-refractivity contribution >= 4 is 23.2 Å².